The van der Waals surface area contributed by atoms with Gasteiger partial charge in [0.25, 0.3) is 0 Å². The molecule has 146 valence electrons. The predicted octanol–water partition coefficient (Wildman–Crippen LogP) is 5.44. The summed E-state index contributed by atoms with van der Waals surface area (Å²) in [5.74, 6) is -0.689. The molecule has 5 nitrogen and oxygen atoms in total. The van der Waals surface area contributed by atoms with Crippen LogP contribution in [-0.2, 0) is 10.9 Å². The van der Waals surface area contributed by atoms with E-state index in [2.05, 4.69) is 10.1 Å². The first-order chi connectivity index (χ1) is 13.2. The van der Waals surface area contributed by atoms with Crippen LogP contribution in [0.1, 0.15) is 23.0 Å². The fourth-order valence-electron chi connectivity index (χ4n) is 2.51. The Morgan fingerprint density at radius 2 is 1.89 bits per heavy atom. The summed E-state index contributed by atoms with van der Waals surface area (Å²) in [5, 5.41) is 3.60. The van der Waals surface area contributed by atoms with Gasteiger partial charge < -0.3 is 4.74 Å². The SMILES string of the molecule is CCOC(=O)c1cc(-c2cccnc2)n(-c2c(Cl)cc(C(F)(F)F)cc2Cl)n1. The molecule has 0 saturated carbocycles. The number of ether oxygens (including phenoxy) is 1. The predicted molar refractivity (Wildman–Crippen MR) is 97.8 cm³/mol. The van der Waals surface area contributed by atoms with Gasteiger partial charge in [-0.05, 0) is 37.3 Å². The maximum Gasteiger partial charge on any atom is 0.416 e. The number of alkyl halides is 3. The fourth-order valence-corrected chi connectivity index (χ4v) is 3.15. The van der Waals surface area contributed by atoms with Gasteiger partial charge in [-0.15, -0.1) is 0 Å². The van der Waals surface area contributed by atoms with Crippen LogP contribution in [0.15, 0.2) is 42.7 Å². The van der Waals surface area contributed by atoms with E-state index >= 15 is 0 Å². The lowest BCUT2D eigenvalue weighted by atomic mass is 10.1. The van der Waals surface area contributed by atoms with Crippen LogP contribution in [0.25, 0.3) is 16.9 Å². The maximum atomic E-state index is 13.0. The number of nitrogens with zero attached hydrogens (tertiary/aromatic N) is 3. The van der Waals surface area contributed by atoms with Crippen LogP contribution in [0.4, 0.5) is 13.2 Å². The van der Waals surface area contributed by atoms with Crippen molar-refractivity contribution in [2.75, 3.05) is 6.61 Å². The van der Waals surface area contributed by atoms with Gasteiger partial charge in [0, 0.05) is 18.0 Å². The number of benzene rings is 1. The van der Waals surface area contributed by atoms with Gasteiger partial charge >= 0.3 is 12.1 Å². The van der Waals surface area contributed by atoms with E-state index in [0.29, 0.717) is 11.3 Å². The van der Waals surface area contributed by atoms with Gasteiger partial charge in [0.1, 0.15) is 5.69 Å². The van der Waals surface area contributed by atoms with Crippen molar-refractivity contribution in [1.82, 2.24) is 14.8 Å². The third kappa shape index (κ3) is 3.98. The number of hydrogen-bond acceptors (Lipinski definition) is 4. The van der Waals surface area contributed by atoms with Crippen LogP contribution in [-0.4, -0.2) is 27.3 Å². The normalized spacial score (nSPS) is 11.5. The van der Waals surface area contributed by atoms with Crippen molar-refractivity contribution in [2.45, 2.75) is 13.1 Å². The third-order valence-corrected chi connectivity index (χ3v) is 4.28. The van der Waals surface area contributed by atoms with Gasteiger partial charge in [-0.1, -0.05) is 23.2 Å². The van der Waals surface area contributed by atoms with Crippen molar-refractivity contribution < 1.29 is 22.7 Å². The van der Waals surface area contributed by atoms with E-state index in [1.54, 1.807) is 25.3 Å². The molecule has 0 fully saturated rings. The molecule has 0 unspecified atom stereocenters. The van der Waals surface area contributed by atoms with Crippen LogP contribution in [0.5, 0.6) is 0 Å². The molecule has 3 rings (SSSR count). The minimum Gasteiger partial charge on any atom is -0.461 e. The summed E-state index contributed by atoms with van der Waals surface area (Å²) >= 11 is 12.2. The van der Waals surface area contributed by atoms with E-state index in [-0.39, 0.29) is 28.0 Å². The second kappa shape index (κ2) is 7.81. The van der Waals surface area contributed by atoms with Gasteiger partial charge in [0.2, 0.25) is 0 Å². The molecule has 1 aromatic carbocycles. The molecule has 0 saturated heterocycles. The number of halogens is 5. The highest BCUT2D eigenvalue weighted by molar-refractivity contribution is 6.38. The Labute approximate surface area is 167 Å². The molecule has 0 N–H and O–H groups in total. The highest BCUT2D eigenvalue weighted by Crippen LogP contribution is 2.39. The van der Waals surface area contributed by atoms with Crippen LogP contribution >= 0.6 is 23.2 Å². The van der Waals surface area contributed by atoms with E-state index in [0.717, 1.165) is 12.1 Å². The first-order valence-corrected chi connectivity index (χ1v) is 8.72. The van der Waals surface area contributed by atoms with Gasteiger partial charge in [-0.3, -0.25) is 4.98 Å². The zero-order valence-electron chi connectivity index (χ0n) is 14.3. The van der Waals surface area contributed by atoms with Crippen LogP contribution < -0.4 is 0 Å². The monoisotopic (exact) mass is 429 g/mol. The Kier molecular flexibility index (Phi) is 5.62. The standard InChI is InChI=1S/C18H12Cl2F3N3O2/c1-2-28-17(27)14-8-15(10-4-3-5-24-9-10)26(25-14)16-12(19)6-11(7-13(16)20)18(21,22)23/h3-9H,2H2,1H3. The molecule has 28 heavy (non-hydrogen) atoms. The molecular weight excluding hydrogens is 418 g/mol. The zero-order chi connectivity index (χ0) is 20.5. The molecule has 10 heteroatoms. The molecule has 2 aromatic heterocycles. The summed E-state index contributed by atoms with van der Waals surface area (Å²) in [5.41, 5.74) is -0.122. The summed E-state index contributed by atoms with van der Waals surface area (Å²) in [7, 11) is 0. The van der Waals surface area contributed by atoms with Gasteiger partial charge in [-0.25, -0.2) is 9.48 Å². The Morgan fingerprint density at radius 3 is 2.43 bits per heavy atom. The summed E-state index contributed by atoms with van der Waals surface area (Å²) in [4.78, 5) is 16.1. The molecule has 0 aliphatic rings. The third-order valence-electron chi connectivity index (χ3n) is 3.71. The Balaban J connectivity index is 2.22. The second-order valence-electron chi connectivity index (χ2n) is 5.58. The quantitative estimate of drug-likeness (QED) is 0.518. The zero-order valence-corrected chi connectivity index (χ0v) is 15.8. The van der Waals surface area contributed by atoms with Crippen LogP contribution in [0.2, 0.25) is 10.0 Å². The molecule has 0 atom stereocenters. The molecule has 0 spiro atoms. The highest BCUT2D eigenvalue weighted by Gasteiger charge is 2.32. The van der Waals surface area contributed by atoms with Crippen LogP contribution in [0.3, 0.4) is 0 Å². The number of carbonyl (C=O) groups excluding carboxylic acids is 1. The first-order valence-electron chi connectivity index (χ1n) is 7.96. The topological polar surface area (TPSA) is 57.0 Å². The Hall–Kier alpha value is -2.58. The molecule has 0 aliphatic carbocycles. The minimum atomic E-state index is -4.61. The lowest BCUT2D eigenvalue weighted by molar-refractivity contribution is -0.137. The second-order valence-corrected chi connectivity index (χ2v) is 6.39. The molecular formula is C18H12Cl2F3N3O2. The smallest absolute Gasteiger partial charge is 0.416 e. The van der Waals surface area contributed by atoms with Crippen molar-refractivity contribution in [3.8, 4) is 16.9 Å². The van der Waals surface area contributed by atoms with Crippen molar-refractivity contribution >= 4 is 29.2 Å². The minimum absolute atomic E-state index is 0.00531. The molecule has 3 aromatic rings. The summed E-state index contributed by atoms with van der Waals surface area (Å²) in [6.45, 7) is 1.77. The first kappa shape index (κ1) is 20.2. The number of aromatic nitrogens is 3. The fraction of sp³-hybridized carbons (Fsp3) is 0.167. The number of pyridine rings is 1. The van der Waals surface area contributed by atoms with Crippen molar-refractivity contribution in [3.05, 3.63) is 64.0 Å². The molecule has 0 bridgehead atoms. The lowest BCUT2D eigenvalue weighted by Crippen LogP contribution is -2.09. The molecule has 0 amide bonds. The number of carbonyl (C=O) groups is 1. The van der Waals surface area contributed by atoms with Crippen LogP contribution in [0, 0.1) is 0 Å². The number of hydrogen-bond donors (Lipinski definition) is 0. The average molecular weight is 430 g/mol. The maximum absolute atomic E-state index is 13.0. The van der Waals surface area contributed by atoms with E-state index in [1.807, 2.05) is 0 Å². The van der Waals surface area contributed by atoms with Crippen molar-refractivity contribution in [1.29, 1.82) is 0 Å². The van der Waals surface area contributed by atoms with E-state index < -0.39 is 17.7 Å². The van der Waals surface area contributed by atoms with Crippen molar-refractivity contribution in [3.63, 3.8) is 0 Å². The summed E-state index contributed by atoms with van der Waals surface area (Å²) in [6.07, 6.45) is -1.55. The largest absolute Gasteiger partial charge is 0.461 e. The summed E-state index contributed by atoms with van der Waals surface area (Å²) < 4.78 is 45.2. The van der Waals surface area contributed by atoms with E-state index in [9.17, 15) is 18.0 Å². The number of esters is 1. The molecule has 0 aliphatic heterocycles. The Morgan fingerprint density at radius 1 is 1.21 bits per heavy atom. The lowest BCUT2D eigenvalue weighted by Gasteiger charge is -2.14. The molecule has 0 radical (unpaired) electrons. The van der Waals surface area contributed by atoms with Gasteiger partial charge in [0.05, 0.1) is 27.9 Å². The van der Waals surface area contributed by atoms with Gasteiger partial charge in [-0.2, -0.15) is 18.3 Å². The number of rotatable bonds is 4. The van der Waals surface area contributed by atoms with Crippen molar-refractivity contribution in [2.24, 2.45) is 0 Å². The summed E-state index contributed by atoms with van der Waals surface area (Å²) in [6, 6.07) is 6.29. The van der Waals surface area contributed by atoms with E-state index in [1.165, 1.54) is 16.9 Å². The Bertz CT molecular complexity index is 998. The average Bonchev–Trinajstić information content (AvgIpc) is 3.06. The highest BCUT2D eigenvalue weighted by atomic mass is 35.5. The van der Waals surface area contributed by atoms with E-state index in [4.69, 9.17) is 27.9 Å². The van der Waals surface area contributed by atoms with Gasteiger partial charge in [0.15, 0.2) is 5.69 Å². The molecule has 2 heterocycles.